The molecule has 1 saturated heterocycles. The van der Waals surface area contributed by atoms with Crippen molar-refractivity contribution in [1.29, 1.82) is 0 Å². The van der Waals surface area contributed by atoms with E-state index in [2.05, 4.69) is 17.0 Å². The van der Waals surface area contributed by atoms with Gasteiger partial charge in [-0.15, -0.1) is 0 Å². The third-order valence-electron chi connectivity index (χ3n) is 3.97. The Morgan fingerprint density at radius 2 is 1.89 bits per heavy atom. The highest BCUT2D eigenvalue weighted by Gasteiger charge is 2.33. The molecule has 2 aliphatic rings. The third kappa shape index (κ3) is 2.54. The van der Waals surface area contributed by atoms with Crippen LogP contribution in [0.4, 0.5) is 0 Å². The second-order valence-electron chi connectivity index (χ2n) is 5.45. The van der Waals surface area contributed by atoms with Gasteiger partial charge in [-0.25, -0.2) is 0 Å². The number of benzene rings is 1. The Labute approximate surface area is 113 Å². The van der Waals surface area contributed by atoms with Crippen LogP contribution in [0.2, 0.25) is 5.02 Å². The van der Waals surface area contributed by atoms with Crippen LogP contribution >= 0.6 is 11.6 Å². The normalized spacial score (nSPS) is 24.4. The Hall–Kier alpha value is -1.02. The highest BCUT2D eigenvalue weighted by molar-refractivity contribution is 6.30. The van der Waals surface area contributed by atoms with Gasteiger partial charge in [0.05, 0.1) is 6.04 Å². The second-order valence-corrected chi connectivity index (χ2v) is 5.89. The van der Waals surface area contributed by atoms with E-state index in [0.717, 1.165) is 36.7 Å². The van der Waals surface area contributed by atoms with Crippen LogP contribution in [0.5, 0.6) is 0 Å². The van der Waals surface area contributed by atoms with Crippen LogP contribution in [0.1, 0.15) is 43.7 Å². The van der Waals surface area contributed by atoms with Gasteiger partial charge in [-0.2, -0.15) is 0 Å². The van der Waals surface area contributed by atoms with Gasteiger partial charge in [-0.3, -0.25) is 4.79 Å². The molecule has 1 unspecified atom stereocenters. The largest absolute Gasteiger partial charge is 0.335 e. The molecule has 1 aliphatic carbocycles. The lowest BCUT2D eigenvalue weighted by Gasteiger charge is -2.36. The van der Waals surface area contributed by atoms with Crippen LogP contribution in [-0.2, 0) is 4.79 Å². The van der Waals surface area contributed by atoms with Gasteiger partial charge in [0.25, 0.3) is 0 Å². The summed E-state index contributed by atoms with van der Waals surface area (Å²) in [5.41, 5.74) is 1.23. The summed E-state index contributed by atoms with van der Waals surface area (Å²) in [5, 5.41) is 0.759. The fourth-order valence-corrected chi connectivity index (χ4v) is 2.89. The Morgan fingerprint density at radius 3 is 2.56 bits per heavy atom. The molecule has 1 atom stereocenters. The number of piperidine rings is 1. The quantitative estimate of drug-likeness (QED) is 0.812. The average Bonchev–Trinajstić information content (AvgIpc) is 3.17. The van der Waals surface area contributed by atoms with Crippen LogP contribution in [0.15, 0.2) is 24.3 Å². The van der Waals surface area contributed by atoms with Crippen molar-refractivity contribution < 1.29 is 4.79 Å². The zero-order valence-corrected chi connectivity index (χ0v) is 11.2. The molecule has 1 aliphatic heterocycles. The number of hydrogen-bond acceptors (Lipinski definition) is 1. The van der Waals surface area contributed by atoms with Gasteiger partial charge in [0.1, 0.15) is 0 Å². The summed E-state index contributed by atoms with van der Waals surface area (Å²) in [5.74, 6) is 1.08. The van der Waals surface area contributed by atoms with E-state index >= 15 is 0 Å². The summed E-state index contributed by atoms with van der Waals surface area (Å²) in [6, 6.07) is 8.23. The molecule has 2 nitrogen and oxygen atoms in total. The maximum absolute atomic E-state index is 12.1. The minimum absolute atomic E-state index is 0.268. The first-order chi connectivity index (χ1) is 8.74. The monoisotopic (exact) mass is 263 g/mol. The van der Waals surface area contributed by atoms with E-state index in [1.54, 1.807) is 0 Å². The fourth-order valence-electron chi connectivity index (χ4n) is 2.76. The minimum atomic E-state index is 0.268. The SMILES string of the molecule is O=C1CCCC(c2ccc(Cl)cc2)N1CC1CC1. The molecule has 1 amide bonds. The zero-order valence-electron chi connectivity index (χ0n) is 10.4. The lowest BCUT2D eigenvalue weighted by molar-refractivity contribution is -0.136. The first kappa shape index (κ1) is 12.0. The van der Waals surface area contributed by atoms with Crippen molar-refractivity contribution in [3.63, 3.8) is 0 Å². The number of hydrogen-bond donors (Lipinski definition) is 0. The van der Waals surface area contributed by atoms with Crippen LogP contribution in [0.3, 0.4) is 0 Å². The first-order valence-corrected chi connectivity index (χ1v) is 7.17. The summed E-state index contributed by atoms with van der Waals surface area (Å²) in [6.07, 6.45) is 5.39. The molecule has 96 valence electrons. The van der Waals surface area contributed by atoms with Gasteiger partial charge >= 0.3 is 0 Å². The number of carbonyl (C=O) groups excluding carboxylic acids is 1. The molecule has 1 heterocycles. The summed E-state index contributed by atoms with van der Waals surface area (Å²) in [6.45, 7) is 0.951. The van der Waals surface area contributed by atoms with Gasteiger partial charge in [-0.1, -0.05) is 23.7 Å². The van der Waals surface area contributed by atoms with Crippen molar-refractivity contribution in [2.75, 3.05) is 6.54 Å². The topological polar surface area (TPSA) is 20.3 Å². The van der Waals surface area contributed by atoms with Crippen molar-refractivity contribution in [2.45, 2.75) is 38.1 Å². The number of likely N-dealkylation sites (tertiary alicyclic amines) is 1. The van der Waals surface area contributed by atoms with Crippen molar-refractivity contribution in [3.8, 4) is 0 Å². The van der Waals surface area contributed by atoms with Gasteiger partial charge in [0, 0.05) is 18.0 Å². The van der Waals surface area contributed by atoms with E-state index in [-0.39, 0.29) is 6.04 Å². The molecule has 0 bridgehead atoms. The lowest BCUT2D eigenvalue weighted by Crippen LogP contribution is -2.39. The maximum atomic E-state index is 12.1. The molecule has 0 radical (unpaired) electrons. The van der Waals surface area contributed by atoms with Gasteiger partial charge in [0.15, 0.2) is 0 Å². The van der Waals surface area contributed by atoms with E-state index in [4.69, 9.17) is 11.6 Å². The number of amides is 1. The molecular weight excluding hydrogens is 246 g/mol. The first-order valence-electron chi connectivity index (χ1n) is 6.79. The van der Waals surface area contributed by atoms with Crippen molar-refractivity contribution in [3.05, 3.63) is 34.9 Å². The van der Waals surface area contributed by atoms with Crippen molar-refractivity contribution in [1.82, 2.24) is 4.90 Å². The Balaban J connectivity index is 1.81. The number of halogens is 1. The van der Waals surface area contributed by atoms with Crippen LogP contribution < -0.4 is 0 Å². The Morgan fingerprint density at radius 1 is 1.17 bits per heavy atom. The van der Waals surface area contributed by atoms with Crippen LogP contribution in [0.25, 0.3) is 0 Å². The predicted molar refractivity (Wildman–Crippen MR) is 72.5 cm³/mol. The second kappa shape index (κ2) is 4.93. The lowest BCUT2D eigenvalue weighted by atomic mass is 9.94. The Bertz CT molecular complexity index is 438. The minimum Gasteiger partial charge on any atom is -0.335 e. The highest BCUT2D eigenvalue weighted by Crippen LogP contribution is 2.37. The smallest absolute Gasteiger partial charge is 0.223 e. The number of carbonyl (C=O) groups is 1. The number of rotatable bonds is 3. The third-order valence-corrected chi connectivity index (χ3v) is 4.22. The summed E-state index contributed by atoms with van der Waals surface area (Å²) >= 11 is 5.93. The summed E-state index contributed by atoms with van der Waals surface area (Å²) in [4.78, 5) is 14.2. The molecule has 0 spiro atoms. The molecule has 3 rings (SSSR count). The molecule has 2 fully saturated rings. The molecular formula is C15H18ClNO. The fraction of sp³-hybridized carbons (Fsp3) is 0.533. The molecule has 1 aromatic carbocycles. The van der Waals surface area contributed by atoms with Gasteiger partial charge in [0.2, 0.25) is 5.91 Å². The standard InChI is InChI=1S/C15H18ClNO/c16-13-8-6-12(7-9-13)14-2-1-3-15(18)17(14)10-11-4-5-11/h6-9,11,14H,1-5,10H2. The van der Waals surface area contributed by atoms with E-state index in [1.807, 2.05) is 12.1 Å². The van der Waals surface area contributed by atoms with Gasteiger partial charge < -0.3 is 4.90 Å². The summed E-state index contributed by atoms with van der Waals surface area (Å²) in [7, 11) is 0. The van der Waals surface area contributed by atoms with Crippen LogP contribution in [-0.4, -0.2) is 17.4 Å². The molecule has 1 aromatic rings. The van der Waals surface area contributed by atoms with Gasteiger partial charge in [-0.05, 0) is 49.3 Å². The van der Waals surface area contributed by atoms with Crippen molar-refractivity contribution >= 4 is 17.5 Å². The zero-order chi connectivity index (χ0) is 12.5. The van der Waals surface area contributed by atoms with E-state index in [9.17, 15) is 4.79 Å². The predicted octanol–water partition coefficient (Wildman–Crippen LogP) is 3.80. The molecule has 1 saturated carbocycles. The molecule has 0 aromatic heterocycles. The molecule has 3 heteroatoms. The maximum Gasteiger partial charge on any atom is 0.223 e. The van der Waals surface area contributed by atoms with E-state index in [1.165, 1.54) is 18.4 Å². The van der Waals surface area contributed by atoms with E-state index < -0.39 is 0 Å². The summed E-state index contributed by atoms with van der Waals surface area (Å²) < 4.78 is 0. The average molecular weight is 264 g/mol. The Kier molecular flexibility index (Phi) is 3.29. The van der Waals surface area contributed by atoms with E-state index in [0.29, 0.717) is 5.91 Å². The van der Waals surface area contributed by atoms with Crippen molar-refractivity contribution in [2.24, 2.45) is 5.92 Å². The highest BCUT2D eigenvalue weighted by atomic mass is 35.5. The molecule has 18 heavy (non-hydrogen) atoms. The molecule has 0 N–H and O–H groups in total. The number of nitrogens with zero attached hydrogens (tertiary/aromatic N) is 1. The van der Waals surface area contributed by atoms with Crippen LogP contribution in [0, 0.1) is 5.92 Å².